The fourth-order valence-corrected chi connectivity index (χ4v) is 2.94. The molecule has 1 saturated carbocycles. The molecule has 7 nitrogen and oxygen atoms in total. The fraction of sp³-hybridized carbons (Fsp3) is 0.529. The second kappa shape index (κ2) is 7.09. The van der Waals surface area contributed by atoms with Gasteiger partial charge in [0, 0.05) is 23.4 Å². The van der Waals surface area contributed by atoms with E-state index in [1.165, 1.54) is 0 Å². The van der Waals surface area contributed by atoms with Gasteiger partial charge in [-0.25, -0.2) is 0 Å². The lowest BCUT2D eigenvalue weighted by Crippen LogP contribution is -2.35. The molecule has 1 aliphatic carbocycles. The van der Waals surface area contributed by atoms with Crippen molar-refractivity contribution < 1.29 is 14.4 Å². The van der Waals surface area contributed by atoms with Crippen molar-refractivity contribution in [1.29, 1.82) is 0 Å². The van der Waals surface area contributed by atoms with Crippen molar-refractivity contribution in [3.63, 3.8) is 0 Å². The van der Waals surface area contributed by atoms with Gasteiger partial charge in [-0.2, -0.15) is 4.98 Å². The lowest BCUT2D eigenvalue weighted by atomic mass is 9.87. The number of aliphatic hydroxyl groups excluding tert-OH is 1. The summed E-state index contributed by atoms with van der Waals surface area (Å²) >= 11 is 0. The van der Waals surface area contributed by atoms with Gasteiger partial charge in [0.1, 0.15) is 6.04 Å². The topological polar surface area (TPSA) is 101 Å². The number of nitrogens with one attached hydrogen (secondary N) is 1. The van der Waals surface area contributed by atoms with Crippen LogP contribution in [0.15, 0.2) is 22.9 Å². The Morgan fingerprint density at radius 1 is 1.38 bits per heavy atom. The molecule has 0 radical (unpaired) electrons. The van der Waals surface area contributed by atoms with Gasteiger partial charge in [0.15, 0.2) is 0 Å². The molecular formula is C17H22N4O3. The van der Waals surface area contributed by atoms with Crippen molar-refractivity contribution in [2.75, 3.05) is 0 Å². The van der Waals surface area contributed by atoms with Crippen LogP contribution in [-0.2, 0) is 4.79 Å². The maximum absolute atomic E-state index is 12.3. The molecule has 7 heteroatoms. The van der Waals surface area contributed by atoms with Crippen molar-refractivity contribution in [2.24, 2.45) is 5.92 Å². The number of hydrogen-bond donors (Lipinski definition) is 2. The summed E-state index contributed by atoms with van der Waals surface area (Å²) in [5.41, 5.74) is 1.71. The molecule has 2 heterocycles. The Morgan fingerprint density at radius 2 is 2.12 bits per heavy atom. The Balaban J connectivity index is 1.63. The van der Waals surface area contributed by atoms with E-state index in [1.807, 2.05) is 26.0 Å². The highest BCUT2D eigenvalue weighted by Crippen LogP contribution is 2.25. The number of nitrogens with zero attached hydrogens (tertiary/aromatic N) is 3. The Kier molecular flexibility index (Phi) is 4.89. The van der Waals surface area contributed by atoms with Gasteiger partial charge in [-0.1, -0.05) is 5.16 Å². The van der Waals surface area contributed by atoms with Crippen LogP contribution in [0.2, 0.25) is 0 Å². The van der Waals surface area contributed by atoms with E-state index in [4.69, 9.17) is 4.52 Å². The third-order valence-corrected chi connectivity index (χ3v) is 4.39. The zero-order valence-electron chi connectivity index (χ0n) is 13.9. The Labute approximate surface area is 140 Å². The molecule has 1 amide bonds. The van der Waals surface area contributed by atoms with E-state index in [0.29, 0.717) is 37.4 Å². The predicted molar refractivity (Wildman–Crippen MR) is 86.8 cm³/mol. The van der Waals surface area contributed by atoms with Crippen LogP contribution in [0.1, 0.15) is 50.2 Å². The number of aromatic nitrogens is 3. The second-order valence-electron chi connectivity index (χ2n) is 6.38. The van der Waals surface area contributed by atoms with E-state index in [9.17, 15) is 9.90 Å². The van der Waals surface area contributed by atoms with Gasteiger partial charge in [-0.3, -0.25) is 9.78 Å². The summed E-state index contributed by atoms with van der Waals surface area (Å²) in [6.45, 7) is 3.72. The first-order valence-corrected chi connectivity index (χ1v) is 8.28. The molecule has 1 fully saturated rings. The van der Waals surface area contributed by atoms with Crippen molar-refractivity contribution >= 4 is 5.91 Å². The van der Waals surface area contributed by atoms with E-state index in [0.717, 1.165) is 11.3 Å². The minimum Gasteiger partial charge on any atom is -0.393 e. The molecule has 2 N–H and O–H groups in total. The first-order valence-electron chi connectivity index (χ1n) is 8.28. The standard InChI is InChI=1S/C17H22N4O3/c1-10-9-13(7-8-18-10)15-20-17(24-21-15)11(2)19-16(23)12-3-5-14(22)6-4-12/h7-9,11-12,14,22H,3-6H2,1-2H3,(H,19,23)/t11-,12?,14?/m0/s1. The van der Waals surface area contributed by atoms with Gasteiger partial charge in [0.05, 0.1) is 6.10 Å². The molecule has 1 aliphatic rings. The summed E-state index contributed by atoms with van der Waals surface area (Å²) in [7, 11) is 0. The number of amides is 1. The zero-order valence-corrected chi connectivity index (χ0v) is 13.9. The lowest BCUT2D eigenvalue weighted by molar-refractivity contribution is -0.127. The van der Waals surface area contributed by atoms with Gasteiger partial charge in [0.2, 0.25) is 17.6 Å². The highest BCUT2D eigenvalue weighted by Gasteiger charge is 2.27. The minimum absolute atomic E-state index is 0.0195. The molecule has 24 heavy (non-hydrogen) atoms. The summed E-state index contributed by atoms with van der Waals surface area (Å²) in [5.74, 6) is 0.788. The number of aliphatic hydroxyl groups is 1. The first-order chi connectivity index (χ1) is 11.5. The molecule has 3 rings (SSSR count). The maximum Gasteiger partial charge on any atom is 0.249 e. The smallest absolute Gasteiger partial charge is 0.249 e. The van der Waals surface area contributed by atoms with Crippen LogP contribution in [0.4, 0.5) is 0 Å². The van der Waals surface area contributed by atoms with Crippen LogP contribution >= 0.6 is 0 Å². The van der Waals surface area contributed by atoms with Crippen molar-refractivity contribution in [3.05, 3.63) is 29.9 Å². The molecule has 0 unspecified atom stereocenters. The molecule has 2 aromatic rings. The number of rotatable bonds is 4. The van der Waals surface area contributed by atoms with Gasteiger partial charge in [-0.15, -0.1) is 0 Å². The molecule has 128 valence electrons. The summed E-state index contributed by atoms with van der Waals surface area (Å²) in [5, 5.41) is 16.4. The lowest BCUT2D eigenvalue weighted by Gasteiger charge is -2.25. The second-order valence-corrected chi connectivity index (χ2v) is 6.38. The van der Waals surface area contributed by atoms with Gasteiger partial charge >= 0.3 is 0 Å². The van der Waals surface area contributed by atoms with Crippen LogP contribution in [-0.4, -0.2) is 32.2 Å². The highest BCUT2D eigenvalue weighted by atomic mass is 16.5. The van der Waals surface area contributed by atoms with Gasteiger partial charge in [0.25, 0.3) is 0 Å². The number of aryl methyl sites for hydroxylation is 1. The Morgan fingerprint density at radius 3 is 2.83 bits per heavy atom. The highest BCUT2D eigenvalue weighted by molar-refractivity contribution is 5.79. The molecule has 2 aromatic heterocycles. The predicted octanol–water partition coefficient (Wildman–Crippen LogP) is 2.17. The Hall–Kier alpha value is -2.28. The molecule has 1 atom stereocenters. The Bertz CT molecular complexity index is 707. The molecular weight excluding hydrogens is 308 g/mol. The van der Waals surface area contributed by atoms with E-state index >= 15 is 0 Å². The van der Waals surface area contributed by atoms with E-state index < -0.39 is 0 Å². The average molecular weight is 330 g/mol. The average Bonchev–Trinajstić information content (AvgIpc) is 3.05. The molecule has 0 spiro atoms. The number of carbonyl (C=O) groups is 1. The maximum atomic E-state index is 12.3. The van der Waals surface area contributed by atoms with E-state index in [2.05, 4.69) is 20.4 Å². The van der Waals surface area contributed by atoms with Gasteiger partial charge < -0.3 is 14.9 Å². The van der Waals surface area contributed by atoms with E-state index in [-0.39, 0.29) is 24.0 Å². The third kappa shape index (κ3) is 3.79. The summed E-state index contributed by atoms with van der Waals surface area (Å²) in [4.78, 5) is 20.8. The normalized spacial score (nSPS) is 22.1. The van der Waals surface area contributed by atoms with E-state index in [1.54, 1.807) is 6.20 Å². The van der Waals surface area contributed by atoms with Crippen LogP contribution in [0.5, 0.6) is 0 Å². The molecule has 0 saturated heterocycles. The number of hydrogen-bond acceptors (Lipinski definition) is 6. The number of pyridine rings is 1. The van der Waals surface area contributed by atoms with Crippen molar-refractivity contribution in [2.45, 2.75) is 51.7 Å². The zero-order chi connectivity index (χ0) is 17.1. The molecule has 0 bridgehead atoms. The third-order valence-electron chi connectivity index (χ3n) is 4.39. The fourth-order valence-electron chi connectivity index (χ4n) is 2.94. The SMILES string of the molecule is Cc1cc(-c2noc([C@H](C)NC(=O)C3CCC(O)CC3)n2)ccn1. The number of carbonyl (C=O) groups excluding carboxylic acids is 1. The summed E-state index contributed by atoms with van der Waals surface area (Å²) in [6.07, 6.45) is 4.21. The van der Waals surface area contributed by atoms with Crippen molar-refractivity contribution in [3.8, 4) is 11.4 Å². The quantitative estimate of drug-likeness (QED) is 0.891. The monoisotopic (exact) mass is 330 g/mol. The van der Waals surface area contributed by atoms with Crippen LogP contribution in [0.3, 0.4) is 0 Å². The molecule has 0 aliphatic heterocycles. The molecule has 0 aromatic carbocycles. The summed E-state index contributed by atoms with van der Waals surface area (Å²) in [6, 6.07) is 3.34. The first kappa shape index (κ1) is 16.6. The summed E-state index contributed by atoms with van der Waals surface area (Å²) < 4.78 is 5.29. The van der Waals surface area contributed by atoms with Crippen LogP contribution < -0.4 is 5.32 Å². The van der Waals surface area contributed by atoms with Crippen LogP contribution in [0, 0.1) is 12.8 Å². The largest absolute Gasteiger partial charge is 0.393 e. The minimum atomic E-state index is -0.353. The van der Waals surface area contributed by atoms with Crippen LogP contribution in [0.25, 0.3) is 11.4 Å². The van der Waals surface area contributed by atoms with Gasteiger partial charge in [-0.05, 0) is 51.7 Å². The van der Waals surface area contributed by atoms with Crippen molar-refractivity contribution in [1.82, 2.24) is 20.4 Å².